The molecule has 1 heterocycles. The van der Waals surface area contributed by atoms with Gasteiger partial charge in [-0.15, -0.1) is 11.3 Å². The summed E-state index contributed by atoms with van der Waals surface area (Å²) in [6.45, 7) is 2.15. The fraction of sp³-hybridized carbons (Fsp3) is 0.154. The Hall–Kier alpha value is -1.41. The Kier molecular flexibility index (Phi) is 2.97. The summed E-state index contributed by atoms with van der Waals surface area (Å²) in [6, 6.07) is 9.90. The first kappa shape index (κ1) is 10.1. The van der Waals surface area contributed by atoms with E-state index in [1.54, 1.807) is 11.3 Å². The van der Waals surface area contributed by atoms with Crippen LogP contribution in [0.15, 0.2) is 35.7 Å². The van der Waals surface area contributed by atoms with Crippen LogP contribution in [0.2, 0.25) is 0 Å². The molecule has 76 valence electrons. The third-order valence-electron chi connectivity index (χ3n) is 2.37. The molecule has 0 bridgehead atoms. The van der Waals surface area contributed by atoms with Gasteiger partial charge in [-0.25, -0.2) is 0 Å². The molecule has 1 aromatic heterocycles. The van der Waals surface area contributed by atoms with Crippen molar-refractivity contribution < 1.29 is 4.79 Å². The van der Waals surface area contributed by atoms with Crippen LogP contribution in [0.1, 0.15) is 22.8 Å². The van der Waals surface area contributed by atoms with Gasteiger partial charge in [0.25, 0.3) is 0 Å². The summed E-state index contributed by atoms with van der Waals surface area (Å²) in [4.78, 5) is 11.9. The van der Waals surface area contributed by atoms with Gasteiger partial charge in [-0.3, -0.25) is 4.79 Å². The molecule has 0 atom stereocenters. The minimum absolute atomic E-state index is 0.735. The lowest BCUT2D eigenvalue weighted by Crippen LogP contribution is -1.79. The van der Waals surface area contributed by atoms with E-state index in [4.69, 9.17) is 0 Å². The number of hydrogen-bond donors (Lipinski definition) is 0. The predicted octanol–water partition coefficient (Wildman–Crippen LogP) is 3.79. The van der Waals surface area contributed by atoms with Crippen molar-refractivity contribution in [1.82, 2.24) is 0 Å². The second-order valence-corrected chi connectivity index (χ2v) is 4.33. The van der Waals surface area contributed by atoms with Gasteiger partial charge >= 0.3 is 0 Å². The Labute approximate surface area is 93.4 Å². The minimum Gasteiger partial charge on any atom is -0.298 e. The van der Waals surface area contributed by atoms with Gasteiger partial charge in [0.2, 0.25) is 0 Å². The quantitative estimate of drug-likeness (QED) is 0.713. The molecule has 0 fully saturated rings. The summed E-state index contributed by atoms with van der Waals surface area (Å²) in [7, 11) is 0. The van der Waals surface area contributed by atoms with Crippen LogP contribution in [0.5, 0.6) is 0 Å². The lowest BCUT2D eigenvalue weighted by atomic mass is 10.1. The van der Waals surface area contributed by atoms with Crippen LogP contribution < -0.4 is 0 Å². The molecule has 0 aliphatic carbocycles. The average molecular weight is 216 g/mol. The highest BCUT2D eigenvalue weighted by Gasteiger charge is 2.02. The van der Waals surface area contributed by atoms with Crippen molar-refractivity contribution in [3.8, 4) is 10.4 Å². The molecule has 2 heteroatoms. The summed E-state index contributed by atoms with van der Waals surface area (Å²) in [6.07, 6.45) is 1.95. The van der Waals surface area contributed by atoms with E-state index in [2.05, 4.69) is 18.4 Å². The van der Waals surface area contributed by atoms with Crippen LogP contribution >= 0.6 is 11.3 Å². The topological polar surface area (TPSA) is 17.1 Å². The van der Waals surface area contributed by atoms with Crippen LogP contribution in [-0.4, -0.2) is 6.29 Å². The average Bonchev–Trinajstić information content (AvgIpc) is 2.78. The predicted molar refractivity (Wildman–Crippen MR) is 64.5 cm³/mol. The molecule has 15 heavy (non-hydrogen) atoms. The van der Waals surface area contributed by atoms with Crippen molar-refractivity contribution in [2.24, 2.45) is 0 Å². The Bertz CT molecular complexity index is 471. The van der Waals surface area contributed by atoms with Gasteiger partial charge in [-0.2, -0.15) is 0 Å². The van der Waals surface area contributed by atoms with Gasteiger partial charge in [-0.1, -0.05) is 25.1 Å². The minimum atomic E-state index is 0.735. The van der Waals surface area contributed by atoms with Gasteiger partial charge in [0.05, 0.1) is 0 Å². The fourth-order valence-corrected chi connectivity index (χ4v) is 2.47. The third-order valence-corrected chi connectivity index (χ3v) is 3.40. The summed E-state index contributed by atoms with van der Waals surface area (Å²) in [5, 5.41) is 2.17. The fourth-order valence-electron chi connectivity index (χ4n) is 1.48. The number of thiophene rings is 1. The molecule has 0 amide bonds. The van der Waals surface area contributed by atoms with E-state index in [0.717, 1.165) is 23.8 Å². The zero-order valence-electron chi connectivity index (χ0n) is 8.57. The van der Waals surface area contributed by atoms with Crippen LogP contribution in [0, 0.1) is 0 Å². The molecule has 0 radical (unpaired) electrons. The summed E-state index contributed by atoms with van der Waals surface area (Å²) < 4.78 is 0. The van der Waals surface area contributed by atoms with Gasteiger partial charge in [0.1, 0.15) is 6.29 Å². The SMILES string of the molecule is CCc1csc(-c2cccc(C=O)c2)c1. The van der Waals surface area contributed by atoms with E-state index in [-0.39, 0.29) is 0 Å². The highest BCUT2D eigenvalue weighted by Crippen LogP contribution is 2.27. The van der Waals surface area contributed by atoms with Gasteiger partial charge in [0, 0.05) is 10.4 Å². The van der Waals surface area contributed by atoms with E-state index in [1.165, 1.54) is 10.4 Å². The molecule has 0 aliphatic rings. The first-order valence-corrected chi connectivity index (χ1v) is 5.84. The zero-order chi connectivity index (χ0) is 10.7. The molecule has 0 aliphatic heterocycles. The number of carbonyl (C=O) groups excluding carboxylic acids is 1. The Morgan fingerprint density at radius 1 is 1.33 bits per heavy atom. The maximum Gasteiger partial charge on any atom is 0.150 e. The van der Waals surface area contributed by atoms with Crippen LogP contribution in [0.3, 0.4) is 0 Å². The van der Waals surface area contributed by atoms with Crippen LogP contribution in [0.25, 0.3) is 10.4 Å². The third kappa shape index (κ3) is 2.16. The smallest absolute Gasteiger partial charge is 0.150 e. The first-order chi connectivity index (χ1) is 7.33. The lowest BCUT2D eigenvalue weighted by Gasteiger charge is -1.97. The number of benzene rings is 1. The van der Waals surface area contributed by atoms with E-state index in [9.17, 15) is 4.79 Å². The normalized spacial score (nSPS) is 10.2. The molecule has 0 spiro atoms. The van der Waals surface area contributed by atoms with Crippen molar-refractivity contribution >= 4 is 17.6 Å². The largest absolute Gasteiger partial charge is 0.298 e. The zero-order valence-corrected chi connectivity index (χ0v) is 9.38. The first-order valence-electron chi connectivity index (χ1n) is 4.96. The second-order valence-electron chi connectivity index (χ2n) is 3.42. The number of aldehydes is 1. The monoisotopic (exact) mass is 216 g/mol. The van der Waals surface area contributed by atoms with Crippen LogP contribution in [-0.2, 0) is 6.42 Å². The maximum absolute atomic E-state index is 10.7. The van der Waals surface area contributed by atoms with Crippen molar-refractivity contribution in [2.75, 3.05) is 0 Å². The molecule has 1 aromatic carbocycles. The Balaban J connectivity index is 2.39. The van der Waals surface area contributed by atoms with Crippen molar-refractivity contribution in [1.29, 1.82) is 0 Å². The van der Waals surface area contributed by atoms with Gasteiger partial charge in [0.15, 0.2) is 0 Å². The van der Waals surface area contributed by atoms with Crippen molar-refractivity contribution in [2.45, 2.75) is 13.3 Å². The second kappa shape index (κ2) is 4.41. The molecular formula is C13H12OS. The molecule has 0 saturated carbocycles. The molecule has 2 rings (SSSR count). The molecular weight excluding hydrogens is 204 g/mol. The van der Waals surface area contributed by atoms with Gasteiger partial charge < -0.3 is 0 Å². The molecule has 2 aromatic rings. The van der Waals surface area contributed by atoms with E-state index in [0.29, 0.717) is 0 Å². The maximum atomic E-state index is 10.7. The number of rotatable bonds is 3. The van der Waals surface area contributed by atoms with Crippen molar-refractivity contribution in [3.05, 3.63) is 46.8 Å². The number of aryl methyl sites for hydroxylation is 1. The van der Waals surface area contributed by atoms with E-state index >= 15 is 0 Å². The molecule has 1 nitrogen and oxygen atoms in total. The molecule has 0 saturated heterocycles. The highest BCUT2D eigenvalue weighted by atomic mass is 32.1. The number of carbonyl (C=O) groups is 1. The lowest BCUT2D eigenvalue weighted by molar-refractivity contribution is 0.112. The standard InChI is InChI=1S/C13H12OS/c1-2-10-7-13(15-9-10)12-5-3-4-11(6-12)8-14/h3-9H,2H2,1H3. The van der Waals surface area contributed by atoms with Gasteiger partial charge in [-0.05, 0) is 35.1 Å². The Morgan fingerprint density at radius 2 is 2.20 bits per heavy atom. The summed E-state index contributed by atoms with van der Waals surface area (Å²) in [5.74, 6) is 0. The summed E-state index contributed by atoms with van der Waals surface area (Å²) in [5.41, 5.74) is 3.22. The van der Waals surface area contributed by atoms with E-state index < -0.39 is 0 Å². The van der Waals surface area contributed by atoms with Crippen molar-refractivity contribution in [3.63, 3.8) is 0 Å². The summed E-state index contributed by atoms with van der Waals surface area (Å²) >= 11 is 1.73. The molecule has 0 unspecified atom stereocenters. The Morgan fingerprint density at radius 3 is 2.87 bits per heavy atom. The van der Waals surface area contributed by atoms with Crippen LogP contribution in [0.4, 0.5) is 0 Å². The molecule has 0 N–H and O–H groups in total. The highest BCUT2D eigenvalue weighted by molar-refractivity contribution is 7.13. The van der Waals surface area contributed by atoms with E-state index in [1.807, 2.05) is 24.3 Å². The number of hydrogen-bond acceptors (Lipinski definition) is 2.